The normalized spacial score (nSPS) is 12.1. The lowest BCUT2D eigenvalue weighted by molar-refractivity contribution is 0.474. The first-order valence-electron chi connectivity index (χ1n) is 3.82. The summed E-state index contributed by atoms with van der Waals surface area (Å²) in [7, 11) is -4.11. The number of halogens is 1. The molecule has 0 radical (unpaired) electrons. The Morgan fingerprint density at radius 2 is 2.13 bits per heavy atom. The topological polar surface area (TPSA) is 87.0 Å². The summed E-state index contributed by atoms with van der Waals surface area (Å²) in [5, 5.41) is 9.34. The number of nitrogens with zero attached hydrogens (tertiary/aromatic N) is 1. The fourth-order valence-electron chi connectivity index (χ4n) is 0.859. The van der Waals surface area contributed by atoms with Crippen molar-refractivity contribution in [2.75, 3.05) is 5.88 Å². The molecule has 0 aliphatic rings. The van der Waals surface area contributed by atoms with Gasteiger partial charge in [-0.15, -0.1) is 0 Å². The van der Waals surface area contributed by atoms with E-state index >= 15 is 0 Å². The molecule has 0 aromatic heterocycles. The molecule has 82 valence electrons. The molecule has 0 saturated carbocycles. The third kappa shape index (κ3) is 4.41. The van der Waals surface area contributed by atoms with Gasteiger partial charge >= 0.3 is 0 Å². The third-order valence-corrected chi connectivity index (χ3v) is 2.43. The molecule has 0 amide bonds. The second-order valence-electron chi connectivity index (χ2n) is 2.73. The quantitative estimate of drug-likeness (QED) is 0.652. The second kappa shape index (κ2) is 4.73. The van der Waals surface area contributed by atoms with Crippen LogP contribution in [0.15, 0.2) is 27.7 Å². The van der Waals surface area contributed by atoms with Crippen LogP contribution in [0.25, 0.3) is 0 Å². The number of phenolic OH excluding ortho intramolecular Hbond substituents is 1. The molecule has 0 spiro atoms. The minimum Gasteiger partial charge on any atom is -0.507 e. The van der Waals surface area contributed by atoms with E-state index in [2.05, 4.69) is 20.9 Å². The van der Waals surface area contributed by atoms with Crippen LogP contribution in [0.4, 0.5) is 0 Å². The molecular formula is C8H8BrNO4S. The van der Waals surface area contributed by atoms with Gasteiger partial charge in [-0.1, -0.05) is 15.9 Å². The van der Waals surface area contributed by atoms with Crippen LogP contribution < -0.4 is 0 Å². The number of hydrogen-bond acceptors (Lipinski definition) is 4. The van der Waals surface area contributed by atoms with Crippen LogP contribution in [-0.2, 0) is 10.1 Å². The second-order valence-corrected chi connectivity index (χ2v) is 5.06. The molecule has 5 nitrogen and oxygen atoms in total. The lowest BCUT2D eigenvalue weighted by Gasteiger charge is -1.98. The molecule has 0 aliphatic heterocycles. The number of aromatic hydroxyl groups is 1. The Labute approximate surface area is 95.3 Å². The van der Waals surface area contributed by atoms with E-state index in [0.29, 0.717) is 5.56 Å². The summed E-state index contributed by atoms with van der Waals surface area (Å²) in [4.78, 5) is 3.47. The van der Waals surface area contributed by atoms with Crippen molar-refractivity contribution in [3.05, 3.63) is 28.2 Å². The first kappa shape index (κ1) is 12.2. The van der Waals surface area contributed by atoms with E-state index in [-0.39, 0.29) is 5.75 Å². The average molecular weight is 294 g/mol. The van der Waals surface area contributed by atoms with Gasteiger partial charge in [-0.3, -0.25) is 9.55 Å². The molecule has 7 heteroatoms. The molecule has 0 atom stereocenters. The number of hydrogen-bond donors (Lipinski definition) is 2. The summed E-state index contributed by atoms with van der Waals surface area (Å²) in [6, 6.07) is 4.65. The Kier molecular flexibility index (Phi) is 3.83. The van der Waals surface area contributed by atoms with E-state index in [1.165, 1.54) is 12.3 Å². The van der Waals surface area contributed by atoms with E-state index < -0.39 is 16.0 Å². The van der Waals surface area contributed by atoms with Crippen LogP contribution in [0.1, 0.15) is 5.56 Å². The van der Waals surface area contributed by atoms with Crippen LogP contribution in [0.2, 0.25) is 0 Å². The van der Waals surface area contributed by atoms with Crippen molar-refractivity contribution < 1.29 is 18.1 Å². The van der Waals surface area contributed by atoms with Crippen LogP contribution >= 0.6 is 15.9 Å². The van der Waals surface area contributed by atoms with Crippen molar-refractivity contribution in [2.45, 2.75) is 0 Å². The Bertz CT molecular complexity index is 483. The van der Waals surface area contributed by atoms with Crippen LogP contribution in [0, 0.1) is 0 Å². The number of phenols is 1. The van der Waals surface area contributed by atoms with Crippen LogP contribution in [0.3, 0.4) is 0 Å². The highest BCUT2D eigenvalue weighted by atomic mass is 79.9. The van der Waals surface area contributed by atoms with Crippen LogP contribution in [-0.4, -0.2) is 30.2 Å². The van der Waals surface area contributed by atoms with Gasteiger partial charge in [0.2, 0.25) is 0 Å². The van der Waals surface area contributed by atoms with E-state index in [1.807, 2.05) is 0 Å². The largest absolute Gasteiger partial charge is 0.507 e. The van der Waals surface area contributed by atoms with Gasteiger partial charge in [-0.2, -0.15) is 8.42 Å². The van der Waals surface area contributed by atoms with Crippen molar-refractivity contribution >= 4 is 32.3 Å². The number of aliphatic imine (C=N–C) groups is 1. The van der Waals surface area contributed by atoms with Crippen LogP contribution in [0.5, 0.6) is 5.75 Å². The summed E-state index contributed by atoms with van der Waals surface area (Å²) in [6.45, 7) is 0. The van der Waals surface area contributed by atoms with Gasteiger partial charge in [0.15, 0.2) is 5.88 Å². The SMILES string of the molecule is O=S(=O)(O)C/N=C/c1cc(Br)ccc1O. The molecule has 0 unspecified atom stereocenters. The maximum Gasteiger partial charge on any atom is 0.285 e. The average Bonchev–Trinajstić information content (AvgIpc) is 2.09. The Hall–Kier alpha value is -0.920. The summed E-state index contributed by atoms with van der Waals surface area (Å²) < 4.78 is 29.8. The molecule has 1 aromatic rings. The highest BCUT2D eigenvalue weighted by Crippen LogP contribution is 2.19. The molecule has 2 N–H and O–H groups in total. The van der Waals surface area contributed by atoms with Gasteiger partial charge in [0.05, 0.1) is 0 Å². The fourth-order valence-corrected chi connectivity index (χ4v) is 1.50. The van der Waals surface area contributed by atoms with Gasteiger partial charge in [0.25, 0.3) is 10.1 Å². The smallest absolute Gasteiger partial charge is 0.285 e. The van der Waals surface area contributed by atoms with Crippen molar-refractivity contribution in [1.82, 2.24) is 0 Å². The minimum absolute atomic E-state index is 0.0164. The van der Waals surface area contributed by atoms with E-state index in [9.17, 15) is 13.5 Å². The number of rotatable bonds is 3. The lowest BCUT2D eigenvalue weighted by atomic mass is 10.2. The van der Waals surface area contributed by atoms with Crippen molar-refractivity contribution in [1.29, 1.82) is 0 Å². The Balaban J connectivity index is 2.85. The van der Waals surface area contributed by atoms with E-state index in [1.54, 1.807) is 12.1 Å². The summed E-state index contributed by atoms with van der Waals surface area (Å²) >= 11 is 3.19. The molecule has 0 bridgehead atoms. The first-order valence-corrected chi connectivity index (χ1v) is 6.22. The molecular weight excluding hydrogens is 286 g/mol. The molecule has 0 fully saturated rings. The molecule has 1 rings (SSSR count). The predicted octanol–water partition coefficient (Wildman–Crippen LogP) is 1.42. The van der Waals surface area contributed by atoms with Gasteiger partial charge in [0, 0.05) is 16.3 Å². The van der Waals surface area contributed by atoms with Gasteiger partial charge in [-0.05, 0) is 18.2 Å². The maximum absolute atomic E-state index is 10.3. The van der Waals surface area contributed by atoms with Gasteiger partial charge in [-0.25, -0.2) is 0 Å². The monoisotopic (exact) mass is 293 g/mol. The molecule has 0 aliphatic carbocycles. The summed E-state index contributed by atoms with van der Waals surface area (Å²) in [5.74, 6) is -0.740. The maximum atomic E-state index is 10.3. The van der Waals surface area contributed by atoms with Gasteiger partial charge in [0.1, 0.15) is 5.75 Å². The zero-order chi connectivity index (χ0) is 11.5. The Morgan fingerprint density at radius 3 is 2.73 bits per heavy atom. The standard InChI is InChI=1S/C8H8BrNO4S/c9-7-1-2-8(11)6(3-7)4-10-5-15(12,13)14/h1-4,11H,5H2,(H,12,13,14)/b10-4+. The first-order chi connectivity index (χ1) is 6.88. The summed E-state index contributed by atoms with van der Waals surface area (Å²) in [6.07, 6.45) is 1.17. The fraction of sp³-hybridized carbons (Fsp3) is 0.125. The number of benzene rings is 1. The van der Waals surface area contributed by atoms with Crippen molar-refractivity contribution in [3.8, 4) is 5.75 Å². The summed E-state index contributed by atoms with van der Waals surface area (Å²) in [5.41, 5.74) is 0.369. The predicted molar refractivity (Wildman–Crippen MR) is 59.8 cm³/mol. The van der Waals surface area contributed by atoms with E-state index in [4.69, 9.17) is 4.55 Å². The highest BCUT2D eigenvalue weighted by molar-refractivity contribution is 9.10. The zero-order valence-corrected chi connectivity index (χ0v) is 9.86. The molecule has 15 heavy (non-hydrogen) atoms. The molecule has 0 saturated heterocycles. The molecule has 0 heterocycles. The lowest BCUT2D eigenvalue weighted by Crippen LogP contribution is -2.01. The minimum atomic E-state index is -4.11. The zero-order valence-electron chi connectivity index (χ0n) is 7.46. The molecule has 1 aromatic carbocycles. The van der Waals surface area contributed by atoms with Gasteiger partial charge < -0.3 is 5.11 Å². The third-order valence-electron chi connectivity index (χ3n) is 1.46. The Morgan fingerprint density at radius 1 is 1.47 bits per heavy atom. The highest BCUT2D eigenvalue weighted by Gasteiger charge is 2.02. The van der Waals surface area contributed by atoms with E-state index in [0.717, 1.165) is 4.47 Å². The van der Waals surface area contributed by atoms with Crippen molar-refractivity contribution in [2.24, 2.45) is 4.99 Å². The van der Waals surface area contributed by atoms with Crippen molar-refractivity contribution in [3.63, 3.8) is 0 Å².